The van der Waals surface area contributed by atoms with Crippen molar-refractivity contribution in [1.29, 1.82) is 0 Å². The zero-order chi connectivity index (χ0) is 13.0. The maximum Gasteiger partial charge on any atom is 0.0480 e. The molecule has 0 spiro atoms. The van der Waals surface area contributed by atoms with Gasteiger partial charge < -0.3 is 15.0 Å². The normalized spacial score (nSPS) is 35.0. The van der Waals surface area contributed by atoms with Crippen LogP contribution in [0.15, 0.2) is 0 Å². The Labute approximate surface area is 112 Å². The molecule has 3 atom stereocenters. The summed E-state index contributed by atoms with van der Waals surface area (Å²) < 4.78 is 5.46. The van der Waals surface area contributed by atoms with E-state index in [0.29, 0.717) is 0 Å². The molecule has 0 aromatic heterocycles. The Kier molecular flexibility index (Phi) is 5.46. The number of hydrogen-bond donors (Lipinski definition) is 1. The highest BCUT2D eigenvalue weighted by atomic mass is 16.5. The van der Waals surface area contributed by atoms with Gasteiger partial charge in [-0.3, -0.25) is 0 Å². The van der Waals surface area contributed by atoms with Crippen LogP contribution in [0.3, 0.4) is 0 Å². The van der Waals surface area contributed by atoms with Crippen molar-refractivity contribution >= 4 is 0 Å². The number of hydrogen-bond acceptors (Lipinski definition) is 3. The molecular weight excluding hydrogens is 224 g/mol. The summed E-state index contributed by atoms with van der Waals surface area (Å²) in [6.07, 6.45) is 6.55. The van der Waals surface area contributed by atoms with Crippen LogP contribution in [0.4, 0.5) is 0 Å². The monoisotopic (exact) mass is 254 g/mol. The van der Waals surface area contributed by atoms with Crippen LogP contribution in [0.25, 0.3) is 0 Å². The molecule has 18 heavy (non-hydrogen) atoms. The van der Waals surface area contributed by atoms with E-state index in [-0.39, 0.29) is 0 Å². The molecule has 1 saturated heterocycles. The molecule has 106 valence electrons. The molecule has 3 unspecified atom stereocenters. The second-order valence-electron chi connectivity index (χ2n) is 6.36. The molecule has 1 aliphatic heterocycles. The van der Waals surface area contributed by atoms with Crippen LogP contribution in [-0.4, -0.2) is 50.8 Å². The van der Waals surface area contributed by atoms with E-state index >= 15 is 0 Å². The van der Waals surface area contributed by atoms with Crippen LogP contribution in [0, 0.1) is 11.8 Å². The number of nitrogens with zero attached hydrogens (tertiary/aromatic N) is 1. The highest BCUT2D eigenvalue weighted by Crippen LogP contribution is 2.30. The first-order valence-corrected chi connectivity index (χ1v) is 7.66. The summed E-state index contributed by atoms with van der Waals surface area (Å²) >= 11 is 0. The summed E-state index contributed by atoms with van der Waals surface area (Å²) in [5.41, 5.74) is 0. The van der Waals surface area contributed by atoms with Gasteiger partial charge in [0.25, 0.3) is 0 Å². The first kappa shape index (κ1) is 14.3. The fourth-order valence-corrected chi connectivity index (χ4v) is 3.73. The maximum atomic E-state index is 5.46. The second kappa shape index (κ2) is 6.88. The fourth-order valence-electron chi connectivity index (χ4n) is 3.73. The predicted octanol–water partition coefficient (Wildman–Crippen LogP) is 2.12. The van der Waals surface area contributed by atoms with Gasteiger partial charge in [0.05, 0.1) is 0 Å². The van der Waals surface area contributed by atoms with Crippen molar-refractivity contribution in [1.82, 2.24) is 10.2 Å². The van der Waals surface area contributed by atoms with Gasteiger partial charge in [-0.15, -0.1) is 0 Å². The highest BCUT2D eigenvalue weighted by molar-refractivity contribution is 4.86. The average Bonchev–Trinajstić information content (AvgIpc) is 2.40. The molecule has 1 saturated carbocycles. The molecule has 2 fully saturated rings. The highest BCUT2D eigenvalue weighted by Gasteiger charge is 2.30. The van der Waals surface area contributed by atoms with Gasteiger partial charge in [-0.1, -0.05) is 6.92 Å². The molecule has 3 nitrogen and oxygen atoms in total. The molecule has 1 aliphatic carbocycles. The topological polar surface area (TPSA) is 24.5 Å². The Bertz CT molecular complexity index is 241. The van der Waals surface area contributed by atoms with Crippen LogP contribution >= 0.6 is 0 Å². The molecule has 1 N–H and O–H groups in total. The lowest BCUT2D eigenvalue weighted by molar-refractivity contribution is 0.0319. The van der Waals surface area contributed by atoms with Crippen molar-refractivity contribution in [3.05, 3.63) is 0 Å². The van der Waals surface area contributed by atoms with Crippen molar-refractivity contribution in [2.45, 2.75) is 51.1 Å². The maximum absolute atomic E-state index is 5.46. The summed E-state index contributed by atoms with van der Waals surface area (Å²) in [7, 11) is 4.43. The number of nitrogens with one attached hydrogen (secondary N) is 1. The standard InChI is InChI=1S/C15H30N2O/c1-12-4-5-15(16-2)13(10-12)11-17(3)14-6-8-18-9-7-14/h12-16H,4-11H2,1-3H3. The molecule has 0 radical (unpaired) electrons. The molecule has 0 amide bonds. The van der Waals surface area contributed by atoms with Crippen LogP contribution in [0.5, 0.6) is 0 Å². The van der Waals surface area contributed by atoms with Crippen LogP contribution in [0.1, 0.15) is 39.0 Å². The Morgan fingerprint density at radius 1 is 1.17 bits per heavy atom. The first-order valence-electron chi connectivity index (χ1n) is 7.66. The number of ether oxygens (including phenoxy) is 1. The van der Waals surface area contributed by atoms with Gasteiger partial charge in [0, 0.05) is 31.8 Å². The van der Waals surface area contributed by atoms with E-state index in [1.807, 2.05) is 0 Å². The van der Waals surface area contributed by atoms with E-state index in [2.05, 4.69) is 31.2 Å². The molecule has 0 bridgehead atoms. The summed E-state index contributed by atoms with van der Waals surface area (Å²) in [5.74, 6) is 1.73. The van der Waals surface area contributed by atoms with Gasteiger partial charge in [-0.05, 0) is 58.0 Å². The van der Waals surface area contributed by atoms with Crippen LogP contribution in [0.2, 0.25) is 0 Å². The molecule has 2 rings (SSSR count). The van der Waals surface area contributed by atoms with Crippen LogP contribution in [-0.2, 0) is 4.74 Å². The summed E-state index contributed by atoms with van der Waals surface area (Å²) in [6.45, 7) is 5.56. The van der Waals surface area contributed by atoms with Gasteiger partial charge in [-0.25, -0.2) is 0 Å². The van der Waals surface area contributed by atoms with E-state index < -0.39 is 0 Å². The minimum Gasteiger partial charge on any atom is -0.381 e. The SMILES string of the molecule is CNC1CCC(C)CC1CN(C)C1CCOCC1. The summed E-state index contributed by atoms with van der Waals surface area (Å²) in [5, 5.41) is 3.53. The third kappa shape index (κ3) is 3.69. The summed E-state index contributed by atoms with van der Waals surface area (Å²) in [6, 6.07) is 1.47. The van der Waals surface area contributed by atoms with E-state index in [1.54, 1.807) is 0 Å². The van der Waals surface area contributed by atoms with E-state index in [9.17, 15) is 0 Å². The predicted molar refractivity (Wildman–Crippen MR) is 75.8 cm³/mol. The largest absolute Gasteiger partial charge is 0.381 e. The molecular formula is C15H30N2O. The minimum atomic E-state index is 0.725. The lowest BCUT2D eigenvalue weighted by atomic mass is 9.78. The van der Waals surface area contributed by atoms with Gasteiger partial charge in [0.1, 0.15) is 0 Å². The third-order valence-corrected chi connectivity index (χ3v) is 4.95. The van der Waals surface area contributed by atoms with Crippen LogP contribution < -0.4 is 5.32 Å². The summed E-state index contributed by atoms with van der Waals surface area (Å²) in [4.78, 5) is 2.59. The fraction of sp³-hybridized carbons (Fsp3) is 1.00. The molecule has 2 aliphatic rings. The Morgan fingerprint density at radius 3 is 2.56 bits per heavy atom. The zero-order valence-corrected chi connectivity index (χ0v) is 12.3. The van der Waals surface area contributed by atoms with Gasteiger partial charge in [0.2, 0.25) is 0 Å². The van der Waals surface area contributed by atoms with Crippen molar-refractivity contribution in [2.75, 3.05) is 33.9 Å². The zero-order valence-electron chi connectivity index (χ0n) is 12.3. The quantitative estimate of drug-likeness (QED) is 0.832. The molecule has 1 heterocycles. The Balaban J connectivity index is 1.85. The van der Waals surface area contributed by atoms with Gasteiger partial charge in [-0.2, -0.15) is 0 Å². The van der Waals surface area contributed by atoms with E-state index in [1.165, 1.54) is 38.6 Å². The van der Waals surface area contributed by atoms with Crippen molar-refractivity contribution in [3.63, 3.8) is 0 Å². The Hall–Kier alpha value is -0.120. The van der Waals surface area contributed by atoms with Gasteiger partial charge in [0.15, 0.2) is 0 Å². The van der Waals surface area contributed by atoms with Gasteiger partial charge >= 0.3 is 0 Å². The molecule has 3 heteroatoms. The lowest BCUT2D eigenvalue weighted by Gasteiger charge is -2.40. The molecule has 0 aromatic rings. The number of rotatable bonds is 4. The van der Waals surface area contributed by atoms with Crippen molar-refractivity contribution in [2.24, 2.45) is 11.8 Å². The second-order valence-corrected chi connectivity index (χ2v) is 6.36. The van der Waals surface area contributed by atoms with E-state index in [0.717, 1.165) is 37.1 Å². The van der Waals surface area contributed by atoms with Crippen molar-refractivity contribution in [3.8, 4) is 0 Å². The smallest absolute Gasteiger partial charge is 0.0480 e. The van der Waals surface area contributed by atoms with Crippen molar-refractivity contribution < 1.29 is 4.74 Å². The third-order valence-electron chi connectivity index (χ3n) is 4.95. The average molecular weight is 254 g/mol. The van der Waals surface area contributed by atoms with E-state index in [4.69, 9.17) is 4.74 Å². The lowest BCUT2D eigenvalue weighted by Crippen LogP contribution is -2.46. The molecule has 0 aromatic carbocycles. The Morgan fingerprint density at radius 2 is 1.89 bits per heavy atom. The minimum absolute atomic E-state index is 0.725. The first-order chi connectivity index (χ1) is 8.70.